The van der Waals surface area contributed by atoms with Crippen molar-refractivity contribution in [2.45, 2.75) is 32.0 Å². The molecular formula is C13H16F3NO2. The fraction of sp³-hybridized carbons (Fsp3) is 0.462. The van der Waals surface area contributed by atoms with Crippen LogP contribution in [0.4, 0.5) is 18.9 Å². The van der Waals surface area contributed by atoms with Crippen molar-refractivity contribution in [3.63, 3.8) is 0 Å². The molecule has 0 spiro atoms. The molecule has 106 valence electrons. The van der Waals surface area contributed by atoms with Crippen molar-refractivity contribution in [2.24, 2.45) is 0 Å². The number of methoxy groups -OCH3 is 1. The highest BCUT2D eigenvalue weighted by Gasteiger charge is 2.39. The normalized spacial score (nSPS) is 12.9. The van der Waals surface area contributed by atoms with Gasteiger partial charge in [0.15, 0.2) is 0 Å². The number of halogens is 3. The topological polar surface area (TPSA) is 38.3 Å². The van der Waals surface area contributed by atoms with Gasteiger partial charge >= 0.3 is 12.1 Å². The third kappa shape index (κ3) is 5.19. The lowest BCUT2D eigenvalue weighted by atomic mass is 10.1. The Kier molecular flexibility index (Phi) is 5.20. The molecule has 0 saturated heterocycles. The molecule has 0 aliphatic heterocycles. The SMILES string of the molecule is COC(=O)CCC(Nc1cccc(C)c1)C(F)(F)F. The largest absolute Gasteiger partial charge is 0.469 e. The Labute approximate surface area is 109 Å². The minimum atomic E-state index is -4.42. The van der Waals surface area contributed by atoms with Crippen molar-refractivity contribution in [1.29, 1.82) is 0 Å². The van der Waals surface area contributed by atoms with Crippen LogP contribution in [-0.2, 0) is 9.53 Å². The van der Waals surface area contributed by atoms with Crippen LogP contribution < -0.4 is 5.32 Å². The van der Waals surface area contributed by atoms with Crippen molar-refractivity contribution in [2.75, 3.05) is 12.4 Å². The van der Waals surface area contributed by atoms with E-state index in [0.29, 0.717) is 5.69 Å². The summed E-state index contributed by atoms with van der Waals surface area (Å²) in [4.78, 5) is 10.9. The van der Waals surface area contributed by atoms with Crippen molar-refractivity contribution < 1.29 is 22.7 Å². The number of benzene rings is 1. The molecule has 1 aromatic carbocycles. The van der Waals surface area contributed by atoms with Crippen LogP contribution >= 0.6 is 0 Å². The molecule has 6 heteroatoms. The lowest BCUT2D eigenvalue weighted by molar-refractivity contribution is -0.149. The molecule has 0 aliphatic carbocycles. The predicted octanol–water partition coefficient (Wildman–Crippen LogP) is 3.29. The Hall–Kier alpha value is -1.72. The fourth-order valence-electron chi connectivity index (χ4n) is 1.62. The van der Waals surface area contributed by atoms with Crippen LogP contribution in [-0.4, -0.2) is 25.3 Å². The molecule has 0 aromatic heterocycles. The Bertz CT molecular complexity index is 432. The zero-order valence-corrected chi connectivity index (χ0v) is 10.8. The second-order valence-corrected chi connectivity index (χ2v) is 4.22. The Morgan fingerprint density at radius 2 is 2.11 bits per heavy atom. The van der Waals surface area contributed by atoms with E-state index in [1.54, 1.807) is 31.2 Å². The van der Waals surface area contributed by atoms with Gasteiger partial charge in [-0.2, -0.15) is 13.2 Å². The summed E-state index contributed by atoms with van der Waals surface area (Å²) in [6.45, 7) is 1.79. The highest BCUT2D eigenvalue weighted by molar-refractivity contribution is 5.69. The van der Waals surface area contributed by atoms with Gasteiger partial charge in [-0.1, -0.05) is 12.1 Å². The maximum absolute atomic E-state index is 12.8. The van der Waals surface area contributed by atoms with E-state index in [0.717, 1.165) is 12.7 Å². The van der Waals surface area contributed by atoms with Gasteiger partial charge < -0.3 is 10.1 Å². The molecule has 0 radical (unpaired) electrons. The van der Waals surface area contributed by atoms with E-state index in [4.69, 9.17) is 0 Å². The summed E-state index contributed by atoms with van der Waals surface area (Å²) in [5.41, 5.74) is 1.24. The van der Waals surface area contributed by atoms with Crippen LogP contribution in [0.25, 0.3) is 0 Å². The second-order valence-electron chi connectivity index (χ2n) is 4.22. The smallest absolute Gasteiger partial charge is 0.408 e. The van der Waals surface area contributed by atoms with Gasteiger partial charge in [0.05, 0.1) is 7.11 Å². The van der Waals surface area contributed by atoms with Crippen molar-refractivity contribution in [1.82, 2.24) is 0 Å². The van der Waals surface area contributed by atoms with Crippen molar-refractivity contribution in [3.8, 4) is 0 Å². The molecule has 1 unspecified atom stereocenters. The monoisotopic (exact) mass is 275 g/mol. The molecule has 0 bridgehead atoms. The van der Waals surface area contributed by atoms with Gasteiger partial charge in [-0.25, -0.2) is 0 Å². The third-order valence-electron chi connectivity index (χ3n) is 2.62. The molecular weight excluding hydrogens is 259 g/mol. The number of aryl methyl sites for hydroxylation is 1. The van der Waals surface area contributed by atoms with Gasteiger partial charge in [0.25, 0.3) is 0 Å². The highest BCUT2D eigenvalue weighted by Crippen LogP contribution is 2.27. The van der Waals surface area contributed by atoms with Gasteiger partial charge in [-0.3, -0.25) is 4.79 Å². The molecule has 0 aliphatic rings. The number of nitrogens with one attached hydrogen (secondary N) is 1. The molecule has 0 heterocycles. The number of hydrogen-bond donors (Lipinski definition) is 1. The molecule has 1 rings (SSSR count). The first kappa shape index (κ1) is 15.3. The van der Waals surface area contributed by atoms with E-state index in [1.165, 1.54) is 0 Å². The Morgan fingerprint density at radius 3 is 2.63 bits per heavy atom. The summed E-state index contributed by atoms with van der Waals surface area (Å²) in [5.74, 6) is -0.653. The average Bonchev–Trinajstić information content (AvgIpc) is 2.32. The third-order valence-corrected chi connectivity index (χ3v) is 2.62. The van der Waals surface area contributed by atoms with Gasteiger partial charge in [0.2, 0.25) is 0 Å². The zero-order chi connectivity index (χ0) is 14.5. The Balaban J connectivity index is 2.72. The molecule has 0 fully saturated rings. The van der Waals surface area contributed by atoms with Gasteiger partial charge in [-0.15, -0.1) is 0 Å². The van der Waals surface area contributed by atoms with Crippen molar-refractivity contribution in [3.05, 3.63) is 29.8 Å². The quantitative estimate of drug-likeness (QED) is 0.838. The summed E-state index contributed by atoms with van der Waals surface area (Å²) in [5, 5.41) is 2.41. The number of carbonyl (C=O) groups excluding carboxylic acids is 1. The van der Waals surface area contributed by atoms with Crippen LogP contribution in [0.3, 0.4) is 0 Å². The average molecular weight is 275 g/mol. The number of anilines is 1. The van der Waals surface area contributed by atoms with E-state index in [1.807, 2.05) is 0 Å². The van der Waals surface area contributed by atoms with Gasteiger partial charge in [0, 0.05) is 12.1 Å². The standard InChI is InChI=1S/C13H16F3NO2/c1-9-4-3-5-10(8-9)17-11(13(14,15)16)6-7-12(18)19-2/h3-5,8,11,17H,6-7H2,1-2H3. The summed E-state index contributed by atoms with van der Waals surface area (Å²) in [6, 6.07) is 4.88. The molecule has 19 heavy (non-hydrogen) atoms. The first-order chi connectivity index (χ1) is 8.82. The summed E-state index contributed by atoms with van der Waals surface area (Å²) < 4.78 is 42.9. The summed E-state index contributed by atoms with van der Waals surface area (Å²) >= 11 is 0. The molecule has 1 aromatic rings. The summed E-state index contributed by atoms with van der Waals surface area (Å²) in [7, 11) is 1.15. The fourth-order valence-corrected chi connectivity index (χ4v) is 1.62. The maximum atomic E-state index is 12.8. The maximum Gasteiger partial charge on any atom is 0.408 e. The Morgan fingerprint density at radius 1 is 1.42 bits per heavy atom. The van der Waals surface area contributed by atoms with E-state index in [2.05, 4.69) is 10.1 Å². The number of rotatable bonds is 5. The number of ether oxygens (including phenoxy) is 1. The molecule has 3 nitrogen and oxygen atoms in total. The minimum Gasteiger partial charge on any atom is -0.469 e. The van der Waals surface area contributed by atoms with Gasteiger partial charge in [-0.05, 0) is 31.0 Å². The molecule has 0 amide bonds. The molecule has 1 N–H and O–H groups in total. The lowest BCUT2D eigenvalue weighted by Gasteiger charge is -2.22. The van der Waals surface area contributed by atoms with Crippen LogP contribution in [0.5, 0.6) is 0 Å². The minimum absolute atomic E-state index is 0.278. The number of hydrogen-bond acceptors (Lipinski definition) is 3. The second kappa shape index (κ2) is 6.45. The van der Waals surface area contributed by atoms with E-state index >= 15 is 0 Å². The summed E-state index contributed by atoms with van der Waals surface area (Å²) in [6.07, 6.45) is -5.05. The van der Waals surface area contributed by atoms with Crippen molar-refractivity contribution >= 4 is 11.7 Å². The van der Waals surface area contributed by atoms with E-state index in [-0.39, 0.29) is 12.8 Å². The van der Waals surface area contributed by atoms with Gasteiger partial charge in [0.1, 0.15) is 6.04 Å². The first-order valence-electron chi connectivity index (χ1n) is 5.79. The van der Waals surface area contributed by atoms with Crippen LogP contribution in [0, 0.1) is 6.92 Å². The zero-order valence-electron chi connectivity index (χ0n) is 10.8. The van der Waals surface area contributed by atoms with E-state index in [9.17, 15) is 18.0 Å². The van der Waals surface area contributed by atoms with E-state index < -0.39 is 18.2 Å². The molecule has 0 saturated carbocycles. The van der Waals surface area contributed by atoms with Crippen LogP contribution in [0.15, 0.2) is 24.3 Å². The highest BCUT2D eigenvalue weighted by atomic mass is 19.4. The number of esters is 1. The predicted molar refractivity (Wildman–Crippen MR) is 65.9 cm³/mol. The molecule has 1 atom stereocenters. The number of alkyl halides is 3. The lowest BCUT2D eigenvalue weighted by Crippen LogP contribution is -2.36. The van der Waals surface area contributed by atoms with Crippen LogP contribution in [0.1, 0.15) is 18.4 Å². The number of carbonyl (C=O) groups is 1. The van der Waals surface area contributed by atoms with Crippen LogP contribution in [0.2, 0.25) is 0 Å². The first-order valence-corrected chi connectivity index (χ1v) is 5.79.